The van der Waals surface area contributed by atoms with Crippen LogP contribution in [-0.2, 0) is 6.42 Å². The maximum atomic E-state index is 15.3. The van der Waals surface area contributed by atoms with Gasteiger partial charge in [0.25, 0.3) is 0 Å². The lowest BCUT2D eigenvalue weighted by Crippen LogP contribution is -2.15. The lowest BCUT2D eigenvalue weighted by molar-refractivity contribution is 0.249. The highest BCUT2D eigenvalue weighted by molar-refractivity contribution is 5.88. The summed E-state index contributed by atoms with van der Waals surface area (Å²) in [5, 5.41) is 1.49. The standard InChI is InChI=1S/C30H36F2O/c1-3-4-5-6-21-7-9-22(10-8-21)11-12-23-13-16-26-24(19-23)14-17-27(30(26)32)25-15-18-29(33-2)28(31)20-25/h13-22H,3-12H2,1-2H3/t21-,22-. The second-order valence-corrected chi connectivity index (χ2v) is 9.75. The van der Waals surface area contributed by atoms with Gasteiger partial charge in [0.05, 0.1) is 7.11 Å². The first-order chi connectivity index (χ1) is 16.1. The van der Waals surface area contributed by atoms with Crippen LogP contribution in [0.3, 0.4) is 0 Å². The summed E-state index contributed by atoms with van der Waals surface area (Å²) in [6.07, 6.45) is 13.3. The third-order valence-electron chi connectivity index (χ3n) is 7.50. The highest BCUT2D eigenvalue weighted by atomic mass is 19.1. The molecule has 3 aromatic carbocycles. The second-order valence-electron chi connectivity index (χ2n) is 9.75. The fraction of sp³-hybridized carbons (Fsp3) is 0.467. The van der Waals surface area contributed by atoms with Crippen LogP contribution in [0, 0.1) is 23.5 Å². The van der Waals surface area contributed by atoms with Crippen molar-refractivity contribution in [2.75, 3.05) is 7.11 Å². The number of ether oxygens (including phenoxy) is 1. The van der Waals surface area contributed by atoms with Gasteiger partial charge in [-0.25, -0.2) is 8.78 Å². The quantitative estimate of drug-likeness (QED) is 0.295. The molecular weight excluding hydrogens is 414 g/mol. The Hall–Kier alpha value is -2.42. The van der Waals surface area contributed by atoms with Crippen LogP contribution < -0.4 is 4.74 Å². The molecule has 33 heavy (non-hydrogen) atoms. The van der Waals surface area contributed by atoms with E-state index in [1.807, 2.05) is 12.1 Å². The molecule has 0 saturated heterocycles. The zero-order valence-electron chi connectivity index (χ0n) is 20.0. The van der Waals surface area contributed by atoms with Crippen LogP contribution in [0.1, 0.15) is 70.3 Å². The van der Waals surface area contributed by atoms with E-state index in [4.69, 9.17) is 4.74 Å². The van der Waals surface area contributed by atoms with E-state index >= 15 is 4.39 Å². The van der Waals surface area contributed by atoms with Crippen molar-refractivity contribution < 1.29 is 13.5 Å². The Morgan fingerprint density at radius 2 is 1.61 bits per heavy atom. The first kappa shape index (κ1) is 23.7. The summed E-state index contributed by atoms with van der Waals surface area (Å²) in [7, 11) is 1.42. The van der Waals surface area contributed by atoms with Gasteiger partial charge in [-0.15, -0.1) is 0 Å². The van der Waals surface area contributed by atoms with E-state index in [1.54, 1.807) is 12.1 Å². The van der Waals surface area contributed by atoms with Crippen LogP contribution in [0.25, 0.3) is 21.9 Å². The normalized spacial score (nSPS) is 18.5. The number of benzene rings is 3. The number of unbranched alkanes of at least 4 members (excludes halogenated alkanes) is 2. The van der Waals surface area contributed by atoms with E-state index in [-0.39, 0.29) is 11.6 Å². The van der Waals surface area contributed by atoms with Crippen LogP contribution in [0.5, 0.6) is 5.75 Å². The van der Waals surface area contributed by atoms with Crippen LogP contribution in [-0.4, -0.2) is 7.11 Å². The fourth-order valence-electron chi connectivity index (χ4n) is 5.42. The molecular formula is C30H36F2O. The van der Waals surface area contributed by atoms with E-state index < -0.39 is 5.82 Å². The summed E-state index contributed by atoms with van der Waals surface area (Å²) < 4.78 is 34.4. The van der Waals surface area contributed by atoms with Crippen LogP contribution >= 0.6 is 0 Å². The van der Waals surface area contributed by atoms with Gasteiger partial charge in [-0.05, 0) is 53.3 Å². The Kier molecular flexibility index (Phi) is 8.01. The van der Waals surface area contributed by atoms with Gasteiger partial charge in [-0.2, -0.15) is 0 Å². The number of hydrogen-bond donors (Lipinski definition) is 0. The molecule has 1 saturated carbocycles. The van der Waals surface area contributed by atoms with Crippen molar-refractivity contribution in [3.8, 4) is 16.9 Å². The van der Waals surface area contributed by atoms with Gasteiger partial charge in [-0.3, -0.25) is 0 Å². The second kappa shape index (κ2) is 11.1. The van der Waals surface area contributed by atoms with Gasteiger partial charge in [0.2, 0.25) is 0 Å². The van der Waals surface area contributed by atoms with E-state index in [0.29, 0.717) is 16.5 Å². The van der Waals surface area contributed by atoms with Gasteiger partial charge < -0.3 is 4.74 Å². The SMILES string of the molecule is CCCCC[C@H]1CC[C@H](CCc2ccc3c(F)c(-c4ccc(OC)c(F)c4)ccc3c2)CC1. The molecule has 0 aliphatic heterocycles. The first-order valence-corrected chi connectivity index (χ1v) is 12.6. The molecule has 1 aliphatic rings. The van der Waals surface area contributed by atoms with Gasteiger partial charge >= 0.3 is 0 Å². The van der Waals surface area contributed by atoms with Crippen molar-refractivity contribution in [2.24, 2.45) is 11.8 Å². The minimum Gasteiger partial charge on any atom is -0.494 e. The summed E-state index contributed by atoms with van der Waals surface area (Å²) in [6.45, 7) is 2.28. The highest BCUT2D eigenvalue weighted by Crippen LogP contribution is 2.35. The van der Waals surface area contributed by atoms with Crippen LogP contribution in [0.4, 0.5) is 8.78 Å². The molecule has 0 unspecified atom stereocenters. The third-order valence-corrected chi connectivity index (χ3v) is 7.50. The van der Waals surface area contributed by atoms with Gasteiger partial charge in [0, 0.05) is 10.9 Å². The van der Waals surface area contributed by atoms with E-state index in [2.05, 4.69) is 19.1 Å². The molecule has 4 rings (SSSR count). The van der Waals surface area contributed by atoms with Crippen molar-refractivity contribution in [3.05, 3.63) is 65.7 Å². The predicted octanol–water partition coefficient (Wildman–Crippen LogP) is 9.11. The molecule has 0 bridgehead atoms. The minimum atomic E-state index is -0.486. The van der Waals surface area contributed by atoms with Crippen LogP contribution in [0.15, 0.2) is 48.5 Å². The Balaban J connectivity index is 1.39. The number of rotatable bonds is 9. The van der Waals surface area contributed by atoms with Crippen molar-refractivity contribution in [3.63, 3.8) is 0 Å². The van der Waals surface area contributed by atoms with Crippen molar-refractivity contribution in [1.82, 2.24) is 0 Å². The molecule has 0 heterocycles. The summed E-state index contributed by atoms with van der Waals surface area (Å²) in [4.78, 5) is 0. The number of methoxy groups -OCH3 is 1. The van der Waals surface area contributed by atoms with E-state index in [9.17, 15) is 4.39 Å². The molecule has 3 aromatic rings. The highest BCUT2D eigenvalue weighted by Gasteiger charge is 2.21. The molecule has 0 atom stereocenters. The number of fused-ring (bicyclic) bond motifs is 1. The summed E-state index contributed by atoms with van der Waals surface area (Å²) >= 11 is 0. The maximum absolute atomic E-state index is 15.3. The Bertz CT molecular complexity index is 1070. The molecule has 0 aromatic heterocycles. The van der Waals surface area contributed by atoms with Crippen molar-refractivity contribution in [1.29, 1.82) is 0 Å². The lowest BCUT2D eigenvalue weighted by Gasteiger charge is -2.28. The lowest BCUT2D eigenvalue weighted by atomic mass is 9.77. The van der Waals surface area contributed by atoms with Crippen molar-refractivity contribution >= 4 is 10.8 Å². The van der Waals surface area contributed by atoms with Gasteiger partial charge in [-0.1, -0.05) is 94.7 Å². The summed E-state index contributed by atoms with van der Waals surface area (Å²) in [5.41, 5.74) is 2.20. The fourth-order valence-corrected chi connectivity index (χ4v) is 5.42. The van der Waals surface area contributed by atoms with Crippen molar-refractivity contribution in [2.45, 2.75) is 71.1 Å². The Morgan fingerprint density at radius 1 is 0.848 bits per heavy atom. The molecule has 0 amide bonds. The summed E-state index contributed by atoms with van der Waals surface area (Å²) in [6, 6.07) is 14.3. The Morgan fingerprint density at radius 3 is 2.30 bits per heavy atom. The number of aryl methyl sites for hydroxylation is 1. The zero-order chi connectivity index (χ0) is 23.2. The van der Waals surface area contributed by atoms with Gasteiger partial charge in [0.15, 0.2) is 11.6 Å². The molecule has 0 radical (unpaired) electrons. The topological polar surface area (TPSA) is 9.23 Å². The molecule has 1 fully saturated rings. The smallest absolute Gasteiger partial charge is 0.165 e. The first-order valence-electron chi connectivity index (χ1n) is 12.6. The molecule has 1 nitrogen and oxygen atoms in total. The van der Waals surface area contributed by atoms with Gasteiger partial charge in [0.1, 0.15) is 5.82 Å². The third kappa shape index (κ3) is 5.75. The number of halogens is 2. The largest absolute Gasteiger partial charge is 0.494 e. The molecule has 0 N–H and O–H groups in total. The van der Waals surface area contributed by atoms with Crippen LogP contribution in [0.2, 0.25) is 0 Å². The average molecular weight is 451 g/mol. The minimum absolute atomic E-state index is 0.162. The predicted molar refractivity (Wildman–Crippen MR) is 134 cm³/mol. The average Bonchev–Trinajstić information content (AvgIpc) is 2.84. The molecule has 3 heteroatoms. The van der Waals surface area contributed by atoms with E-state index in [0.717, 1.165) is 23.6 Å². The zero-order valence-corrected chi connectivity index (χ0v) is 20.0. The molecule has 176 valence electrons. The molecule has 1 aliphatic carbocycles. The Labute approximate surface area is 197 Å². The summed E-state index contributed by atoms with van der Waals surface area (Å²) in [5.74, 6) is 1.15. The maximum Gasteiger partial charge on any atom is 0.165 e. The van der Waals surface area contributed by atoms with E-state index in [1.165, 1.54) is 82.6 Å². The molecule has 0 spiro atoms. The number of hydrogen-bond acceptors (Lipinski definition) is 1. The monoisotopic (exact) mass is 450 g/mol.